The number of carbonyl (C=O) groups is 1. The van der Waals surface area contributed by atoms with Crippen LogP contribution in [-0.4, -0.2) is 44.2 Å². The molecule has 0 bridgehead atoms. The van der Waals surface area contributed by atoms with Gasteiger partial charge in [-0.1, -0.05) is 23.3 Å². The second kappa shape index (κ2) is 8.04. The fraction of sp³-hybridized carbons (Fsp3) is 0.591. The van der Waals surface area contributed by atoms with Crippen molar-refractivity contribution >= 4 is 40.3 Å². The van der Waals surface area contributed by atoms with E-state index in [1.54, 1.807) is 4.90 Å². The Labute approximate surface area is 187 Å². The third kappa shape index (κ3) is 4.30. The summed E-state index contributed by atoms with van der Waals surface area (Å²) in [4.78, 5) is 22.6. The van der Waals surface area contributed by atoms with E-state index in [0.717, 1.165) is 42.3 Å². The standard InChI is InChI=1S/C22H28Cl2N4O2/c1-13-12-28(19-17(13)18(23)25-20(24)26-19)16-6-5-15(11-16)14-7-9-27(10-8-14)21(29)30-22(2,3)4/h7,12,15-16H,5-6,8-11H2,1-4H3. The van der Waals surface area contributed by atoms with Crippen LogP contribution in [0.2, 0.25) is 10.4 Å². The molecule has 0 spiro atoms. The molecule has 3 heterocycles. The van der Waals surface area contributed by atoms with Gasteiger partial charge in [0.2, 0.25) is 5.28 Å². The number of halogens is 2. The Morgan fingerprint density at radius 3 is 2.67 bits per heavy atom. The van der Waals surface area contributed by atoms with Gasteiger partial charge in [0.05, 0.1) is 5.39 Å². The van der Waals surface area contributed by atoms with Crippen LogP contribution < -0.4 is 0 Å². The fourth-order valence-electron chi connectivity index (χ4n) is 4.63. The number of hydrogen-bond donors (Lipinski definition) is 0. The van der Waals surface area contributed by atoms with Crippen LogP contribution in [0.1, 0.15) is 58.1 Å². The quantitative estimate of drug-likeness (QED) is 0.321. The molecule has 1 aliphatic heterocycles. The van der Waals surface area contributed by atoms with Gasteiger partial charge in [0.25, 0.3) is 0 Å². The molecular formula is C22H28Cl2N4O2. The van der Waals surface area contributed by atoms with Gasteiger partial charge < -0.3 is 14.2 Å². The Kier molecular flexibility index (Phi) is 5.75. The average molecular weight is 451 g/mol. The van der Waals surface area contributed by atoms with Crippen molar-refractivity contribution < 1.29 is 9.53 Å². The summed E-state index contributed by atoms with van der Waals surface area (Å²) in [6.45, 7) is 9.05. The van der Waals surface area contributed by atoms with Gasteiger partial charge in [0, 0.05) is 25.3 Å². The summed E-state index contributed by atoms with van der Waals surface area (Å²) in [6, 6.07) is 0.359. The Bertz CT molecular complexity index is 1010. The van der Waals surface area contributed by atoms with Gasteiger partial charge in [-0.25, -0.2) is 9.78 Å². The summed E-state index contributed by atoms with van der Waals surface area (Å²) in [6.07, 6.45) is 8.28. The Morgan fingerprint density at radius 1 is 1.23 bits per heavy atom. The van der Waals surface area contributed by atoms with Crippen molar-refractivity contribution in [3.05, 3.63) is 33.8 Å². The van der Waals surface area contributed by atoms with Crippen molar-refractivity contribution in [2.75, 3.05) is 13.1 Å². The summed E-state index contributed by atoms with van der Waals surface area (Å²) in [5.41, 5.74) is 2.88. The van der Waals surface area contributed by atoms with E-state index in [9.17, 15) is 4.79 Å². The SMILES string of the molecule is Cc1cn(C2CCC(C3=CCN(C(=O)OC(C)(C)C)CC3)C2)c2nc(Cl)nc(Cl)c12. The summed E-state index contributed by atoms with van der Waals surface area (Å²) in [7, 11) is 0. The predicted molar refractivity (Wildman–Crippen MR) is 119 cm³/mol. The normalized spacial score (nSPS) is 22.5. The zero-order chi connectivity index (χ0) is 21.6. The van der Waals surface area contributed by atoms with Gasteiger partial charge in [-0.05, 0) is 76.5 Å². The van der Waals surface area contributed by atoms with Crippen molar-refractivity contribution in [1.82, 2.24) is 19.4 Å². The van der Waals surface area contributed by atoms with Gasteiger partial charge >= 0.3 is 6.09 Å². The number of rotatable bonds is 2. The van der Waals surface area contributed by atoms with E-state index in [-0.39, 0.29) is 11.4 Å². The van der Waals surface area contributed by atoms with E-state index in [2.05, 4.69) is 26.8 Å². The van der Waals surface area contributed by atoms with E-state index in [1.807, 2.05) is 27.7 Å². The first-order chi connectivity index (χ1) is 14.1. The lowest BCUT2D eigenvalue weighted by atomic mass is 9.92. The zero-order valence-corrected chi connectivity index (χ0v) is 19.4. The molecule has 1 saturated carbocycles. The number of hydrogen-bond acceptors (Lipinski definition) is 4. The largest absolute Gasteiger partial charge is 0.444 e. The van der Waals surface area contributed by atoms with Gasteiger partial charge in [0.15, 0.2) is 0 Å². The summed E-state index contributed by atoms with van der Waals surface area (Å²) in [5.74, 6) is 0.529. The Balaban J connectivity index is 1.46. The van der Waals surface area contributed by atoms with Crippen LogP contribution in [0.25, 0.3) is 11.0 Å². The molecule has 162 valence electrons. The first kappa shape index (κ1) is 21.4. The first-order valence-corrected chi connectivity index (χ1v) is 11.2. The van der Waals surface area contributed by atoms with Crippen molar-refractivity contribution in [3.8, 4) is 0 Å². The molecule has 2 unspecified atom stereocenters. The van der Waals surface area contributed by atoms with Crippen molar-refractivity contribution in [3.63, 3.8) is 0 Å². The van der Waals surface area contributed by atoms with Crippen LogP contribution in [0.5, 0.6) is 0 Å². The smallest absolute Gasteiger partial charge is 0.410 e. The van der Waals surface area contributed by atoms with Crippen LogP contribution >= 0.6 is 23.2 Å². The van der Waals surface area contributed by atoms with Crippen molar-refractivity contribution in [1.29, 1.82) is 0 Å². The van der Waals surface area contributed by atoms with Crippen LogP contribution in [-0.2, 0) is 4.74 Å². The number of fused-ring (bicyclic) bond motifs is 1. The number of aromatic nitrogens is 3. The van der Waals surface area contributed by atoms with E-state index < -0.39 is 5.60 Å². The van der Waals surface area contributed by atoms with Crippen LogP contribution in [0.15, 0.2) is 17.8 Å². The lowest BCUT2D eigenvalue weighted by Gasteiger charge is -2.31. The minimum atomic E-state index is -0.466. The molecular weight excluding hydrogens is 423 g/mol. The minimum absolute atomic E-state index is 0.179. The Hall–Kier alpha value is -1.79. The van der Waals surface area contributed by atoms with Gasteiger partial charge in [0.1, 0.15) is 16.4 Å². The number of ether oxygens (including phenoxy) is 1. The van der Waals surface area contributed by atoms with Crippen molar-refractivity contribution in [2.24, 2.45) is 5.92 Å². The summed E-state index contributed by atoms with van der Waals surface area (Å²) in [5, 5.41) is 1.47. The monoisotopic (exact) mass is 450 g/mol. The maximum Gasteiger partial charge on any atom is 0.410 e. The molecule has 0 saturated heterocycles. The molecule has 8 heteroatoms. The second-order valence-corrected chi connectivity index (χ2v) is 10.0. The average Bonchev–Trinajstić information content (AvgIpc) is 3.25. The first-order valence-electron chi connectivity index (χ1n) is 10.5. The Morgan fingerprint density at radius 2 is 2.00 bits per heavy atom. The second-order valence-electron chi connectivity index (χ2n) is 9.32. The molecule has 4 rings (SSSR count). The molecule has 2 aromatic rings. The fourth-order valence-corrected chi connectivity index (χ4v) is 5.15. The maximum absolute atomic E-state index is 12.3. The predicted octanol–water partition coefficient (Wildman–Crippen LogP) is 5.95. The van der Waals surface area contributed by atoms with E-state index in [1.165, 1.54) is 5.57 Å². The molecule has 2 aromatic heterocycles. The van der Waals surface area contributed by atoms with Crippen LogP contribution in [0, 0.1) is 12.8 Å². The highest BCUT2D eigenvalue weighted by molar-refractivity contribution is 6.35. The molecule has 2 aliphatic rings. The van der Waals surface area contributed by atoms with E-state index in [4.69, 9.17) is 27.9 Å². The number of amides is 1. The van der Waals surface area contributed by atoms with Gasteiger partial charge in [-0.2, -0.15) is 4.98 Å². The molecule has 6 nitrogen and oxygen atoms in total. The number of carbonyl (C=O) groups excluding carboxylic acids is 1. The highest BCUT2D eigenvalue weighted by Gasteiger charge is 2.32. The molecule has 0 aromatic carbocycles. The summed E-state index contributed by atoms with van der Waals surface area (Å²) >= 11 is 12.4. The third-order valence-electron chi connectivity index (χ3n) is 6.01. The minimum Gasteiger partial charge on any atom is -0.444 e. The van der Waals surface area contributed by atoms with Crippen LogP contribution in [0.4, 0.5) is 4.79 Å². The lowest BCUT2D eigenvalue weighted by Crippen LogP contribution is -2.39. The molecule has 30 heavy (non-hydrogen) atoms. The molecule has 1 aliphatic carbocycles. The van der Waals surface area contributed by atoms with E-state index >= 15 is 0 Å². The molecule has 0 N–H and O–H groups in total. The number of nitrogens with zero attached hydrogens (tertiary/aromatic N) is 4. The highest BCUT2D eigenvalue weighted by Crippen LogP contribution is 2.42. The van der Waals surface area contributed by atoms with Crippen LogP contribution in [0.3, 0.4) is 0 Å². The lowest BCUT2D eigenvalue weighted by molar-refractivity contribution is 0.0264. The molecule has 1 fully saturated rings. The number of aryl methyl sites for hydroxylation is 1. The van der Waals surface area contributed by atoms with Gasteiger partial charge in [-0.15, -0.1) is 0 Å². The molecule has 1 amide bonds. The van der Waals surface area contributed by atoms with E-state index in [0.29, 0.717) is 30.2 Å². The highest BCUT2D eigenvalue weighted by atomic mass is 35.5. The third-order valence-corrected chi connectivity index (χ3v) is 6.45. The van der Waals surface area contributed by atoms with Gasteiger partial charge in [-0.3, -0.25) is 0 Å². The van der Waals surface area contributed by atoms with Crippen molar-refractivity contribution in [2.45, 2.75) is 65.0 Å². The maximum atomic E-state index is 12.3. The zero-order valence-electron chi connectivity index (χ0n) is 17.9. The summed E-state index contributed by atoms with van der Waals surface area (Å²) < 4.78 is 7.72. The molecule has 0 radical (unpaired) electrons. The molecule has 2 atom stereocenters. The topological polar surface area (TPSA) is 60.2 Å².